The number of benzene rings is 2. The Balaban J connectivity index is 2.07. The quantitative estimate of drug-likeness (QED) is 0.344. The molecule has 0 saturated heterocycles. The van der Waals surface area contributed by atoms with Gasteiger partial charge in [0.1, 0.15) is 11.5 Å². The standard InChI is InChI=1S/C18H11ClF9NO3/c19-15(21)18(27,28)32-12-3-1-2-10(8-12)29-13(30)9-4-6-11(7-5-9)31-17(25,26)14(20)16(22,23)24/h1-8,14-15H,(H,29,30). The first-order valence-electron chi connectivity index (χ1n) is 8.26. The summed E-state index contributed by atoms with van der Waals surface area (Å²) >= 11 is 4.67. The number of anilines is 1. The van der Waals surface area contributed by atoms with Gasteiger partial charge < -0.3 is 14.8 Å². The van der Waals surface area contributed by atoms with Crippen LogP contribution in [-0.2, 0) is 0 Å². The maximum Gasteiger partial charge on any atom is 0.444 e. The summed E-state index contributed by atoms with van der Waals surface area (Å²) in [7, 11) is 0. The minimum atomic E-state index is -5.86. The second kappa shape index (κ2) is 9.35. The zero-order chi connectivity index (χ0) is 24.3. The molecule has 0 aromatic heterocycles. The van der Waals surface area contributed by atoms with Gasteiger partial charge in [-0.25, -0.2) is 8.78 Å². The minimum absolute atomic E-state index is 0.0920. The smallest absolute Gasteiger partial charge is 0.430 e. The van der Waals surface area contributed by atoms with Crippen LogP contribution in [0.2, 0.25) is 0 Å². The Morgan fingerprint density at radius 3 is 1.94 bits per heavy atom. The number of carbonyl (C=O) groups excluding carboxylic acids is 1. The second-order valence-electron chi connectivity index (χ2n) is 6.04. The Morgan fingerprint density at radius 2 is 1.41 bits per heavy atom. The fourth-order valence-electron chi connectivity index (χ4n) is 2.12. The summed E-state index contributed by atoms with van der Waals surface area (Å²) in [6, 6.07) is 7.47. The Morgan fingerprint density at radius 1 is 0.844 bits per heavy atom. The van der Waals surface area contributed by atoms with E-state index in [0.717, 1.165) is 24.3 Å². The third-order valence-electron chi connectivity index (χ3n) is 3.55. The van der Waals surface area contributed by atoms with Gasteiger partial charge in [-0.2, -0.15) is 30.7 Å². The number of hydrogen-bond donors (Lipinski definition) is 1. The predicted molar refractivity (Wildman–Crippen MR) is 93.7 cm³/mol. The summed E-state index contributed by atoms with van der Waals surface area (Å²) in [4.78, 5) is 12.2. The Kier molecular flexibility index (Phi) is 7.43. The van der Waals surface area contributed by atoms with E-state index in [-0.39, 0.29) is 11.3 Å². The molecule has 0 bridgehead atoms. The van der Waals surface area contributed by atoms with E-state index in [0.29, 0.717) is 12.1 Å². The molecule has 4 nitrogen and oxygen atoms in total. The Labute approximate surface area is 178 Å². The third-order valence-corrected chi connectivity index (χ3v) is 3.81. The number of amides is 1. The highest BCUT2D eigenvalue weighted by Gasteiger charge is 2.59. The molecule has 0 heterocycles. The van der Waals surface area contributed by atoms with E-state index < -0.39 is 47.6 Å². The summed E-state index contributed by atoms with van der Waals surface area (Å²) in [6.45, 7) is 0. The first-order valence-corrected chi connectivity index (χ1v) is 8.69. The van der Waals surface area contributed by atoms with E-state index in [9.17, 15) is 44.3 Å². The molecule has 0 aliphatic carbocycles. The van der Waals surface area contributed by atoms with Crippen molar-refractivity contribution in [3.63, 3.8) is 0 Å². The van der Waals surface area contributed by atoms with Crippen LogP contribution in [0.15, 0.2) is 48.5 Å². The molecule has 2 aromatic rings. The van der Waals surface area contributed by atoms with Crippen molar-refractivity contribution in [3.8, 4) is 11.5 Å². The average Bonchev–Trinajstić information content (AvgIpc) is 2.66. The van der Waals surface area contributed by atoms with E-state index in [1.807, 2.05) is 0 Å². The highest BCUT2D eigenvalue weighted by atomic mass is 35.5. The summed E-state index contributed by atoms with van der Waals surface area (Å²) in [5.74, 6) is -2.31. The van der Waals surface area contributed by atoms with Crippen molar-refractivity contribution >= 4 is 23.2 Å². The van der Waals surface area contributed by atoms with Gasteiger partial charge >= 0.3 is 18.4 Å². The SMILES string of the molecule is O=C(Nc1cccc(OC(F)(F)C(F)Cl)c1)c1ccc(OC(F)(F)C(F)C(F)(F)F)cc1. The largest absolute Gasteiger partial charge is 0.444 e. The van der Waals surface area contributed by atoms with Gasteiger partial charge in [0.2, 0.25) is 0 Å². The summed E-state index contributed by atoms with van der Waals surface area (Å²) in [5.41, 5.74) is -3.45. The van der Waals surface area contributed by atoms with Gasteiger partial charge in [0.05, 0.1) is 0 Å². The number of halogens is 10. The minimum Gasteiger partial charge on any atom is -0.430 e. The lowest BCUT2D eigenvalue weighted by Gasteiger charge is -2.23. The zero-order valence-corrected chi connectivity index (χ0v) is 16.0. The lowest BCUT2D eigenvalue weighted by Crippen LogP contribution is -2.45. The Hall–Kier alpha value is -2.83. The van der Waals surface area contributed by atoms with Crippen molar-refractivity contribution in [2.45, 2.75) is 30.2 Å². The van der Waals surface area contributed by atoms with E-state index >= 15 is 0 Å². The van der Waals surface area contributed by atoms with Crippen LogP contribution >= 0.6 is 11.6 Å². The predicted octanol–water partition coefficient (Wildman–Crippen LogP) is 6.32. The number of carbonyl (C=O) groups is 1. The fourth-order valence-corrected chi connectivity index (χ4v) is 2.16. The molecule has 1 amide bonds. The average molecular weight is 496 g/mol. The van der Waals surface area contributed by atoms with Gasteiger partial charge in [-0.15, -0.1) is 0 Å². The first-order chi connectivity index (χ1) is 14.6. The molecule has 0 fully saturated rings. The fraction of sp³-hybridized carbons (Fsp3) is 0.278. The maximum absolute atomic E-state index is 13.3. The van der Waals surface area contributed by atoms with Crippen LogP contribution in [0.3, 0.4) is 0 Å². The van der Waals surface area contributed by atoms with Crippen LogP contribution in [0.4, 0.5) is 45.2 Å². The lowest BCUT2D eigenvalue weighted by molar-refractivity contribution is -0.304. The van der Waals surface area contributed by atoms with Gasteiger partial charge in [0.15, 0.2) is 0 Å². The molecule has 0 aliphatic heterocycles. The van der Waals surface area contributed by atoms with Crippen LogP contribution in [0.25, 0.3) is 0 Å². The van der Waals surface area contributed by atoms with Gasteiger partial charge in [-0.05, 0) is 36.4 Å². The molecule has 2 unspecified atom stereocenters. The molecule has 14 heteroatoms. The van der Waals surface area contributed by atoms with Gasteiger partial charge in [0, 0.05) is 17.3 Å². The summed E-state index contributed by atoms with van der Waals surface area (Å²) < 4.78 is 123. The van der Waals surface area contributed by atoms with Crippen LogP contribution < -0.4 is 14.8 Å². The molecule has 2 rings (SSSR count). The van der Waals surface area contributed by atoms with Crippen LogP contribution in [-0.4, -0.2) is 36.1 Å². The number of rotatable bonds is 8. The van der Waals surface area contributed by atoms with Crippen molar-refractivity contribution in [2.24, 2.45) is 0 Å². The lowest BCUT2D eigenvalue weighted by atomic mass is 10.2. The van der Waals surface area contributed by atoms with Crippen molar-refractivity contribution in [3.05, 3.63) is 54.1 Å². The van der Waals surface area contributed by atoms with E-state index in [2.05, 4.69) is 26.4 Å². The van der Waals surface area contributed by atoms with Crippen LogP contribution in [0.5, 0.6) is 11.5 Å². The molecule has 32 heavy (non-hydrogen) atoms. The van der Waals surface area contributed by atoms with Gasteiger partial charge in [0.25, 0.3) is 17.7 Å². The van der Waals surface area contributed by atoms with Crippen molar-refractivity contribution in [1.29, 1.82) is 0 Å². The van der Waals surface area contributed by atoms with Gasteiger partial charge in [-0.1, -0.05) is 17.7 Å². The number of ether oxygens (including phenoxy) is 2. The van der Waals surface area contributed by atoms with Crippen molar-refractivity contribution in [1.82, 2.24) is 0 Å². The highest BCUT2D eigenvalue weighted by molar-refractivity contribution is 6.20. The number of hydrogen-bond acceptors (Lipinski definition) is 3. The monoisotopic (exact) mass is 495 g/mol. The molecule has 1 N–H and O–H groups in total. The van der Waals surface area contributed by atoms with Crippen molar-refractivity contribution in [2.75, 3.05) is 5.32 Å². The van der Waals surface area contributed by atoms with E-state index in [4.69, 9.17) is 0 Å². The zero-order valence-electron chi connectivity index (χ0n) is 15.3. The molecular formula is C18H11ClF9NO3. The van der Waals surface area contributed by atoms with Gasteiger partial charge in [-0.3, -0.25) is 4.79 Å². The van der Waals surface area contributed by atoms with Crippen molar-refractivity contribution < 1.29 is 53.8 Å². The maximum atomic E-state index is 13.3. The second-order valence-corrected chi connectivity index (χ2v) is 6.42. The molecule has 2 atom stereocenters. The van der Waals surface area contributed by atoms with E-state index in [1.54, 1.807) is 0 Å². The topological polar surface area (TPSA) is 47.6 Å². The highest BCUT2D eigenvalue weighted by Crippen LogP contribution is 2.36. The third kappa shape index (κ3) is 6.58. The molecular weight excluding hydrogens is 485 g/mol. The molecule has 0 saturated carbocycles. The summed E-state index contributed by atoms with van der Waals surface area (Å²) in [5, 5.41) is 2.23. The molecule has 0 spiro atoms. The normalized spacial score (nSPS) is 14.4. The van der Waals surface area contributed by atoms with E-state index in [1.165, 1.54) is 12.1 Å². The molecule has 0 radical (unpaired) electrons. The number of alkyl halides is 10. The molecule has 176 valence electrons. The first kappa shape index (κ1) is 25.4. The number of nitrogens with one attached hydrogen (secondary N) is 1. The van der Waals surface area contributed by atoms with Crippen LogP contribution in [0.1, 0.15) is 10.4 Å². The molecule has 0 aliphatic rings. The van der Waals surface area contributed by atoms with Crippen LogP contribution in [0, 0.1) is 0 Å². The molecule has 2 aromatic carbocycles. The Bertz CT molecular complexity index is 936. The summed E-state index contributed by atoms with van der Waals surface area (Å²) in [6.07, 6.45) is -20.0.